The molecule has 1 saturated heterocycles. The molecule has 1 spiro atoms. The third-order valence-corrected chi connectivity index (χ3v) is 5.14. The molecule has 0 aromatic heterocycles. The van der Waals surface area contributed by atoms with Crippen LogP contribution < -0.4 is 16.0 Å². The summed E-state index contributed by atoms with van der Waals surface area (Å²) in [5, 5.41) is 20.3. The molecule has 2 aromatic carbocycles. The summed E-state index contributed by atoms with van der Waals surface area (Å²) in [7, 11) is 0. The maximum Gasteiger partial charge on any atom is 0.128 e. The molecule has 2 aliphatic heterocycles. The van der Waals surface area contributed by atoms with Crippen LogP contribution in [0.5, 0.6) is 0 Å². The number of fused-ring (bicyclic) bond motifs is 1. The van der Waals surface area contributed by atoms with Gasteiger partial charge in [-0.1, -0.05) is 36.9 Å². The molecule has 0 atom stereocenters. The van der Waals surface area contributed by atoms with Crippen molar-refractivity contribution < 1.29 is 5.11 Å². The molecule has 26 heavy (non-hydrogen) atoms. The second-order valence-corrected chi connectivity index (χ2v) is 6.94. The molecular weight excluding hydrogens is 324 g/mol. The van der Waals surface area contributed by atoms with Gasteiger partial charge < -0.3 is 21.1 Å². The van der Waals surface area contributed by atoms with E-state index in [0.717, 1.165) is 54.3 Å². The van der Waals surface area contributed by atoms with Crippen LogP contribution in [0.25, 0.3) is 5.76 Å². The number of aliphatic hydroxyl groups excluding tert-OH is 1. The minimum Gasteiger partial charge on any atom is -0.508 e. The van der Waals surface area contributed by atoms with Gasteiger partial charge in [-0.15, -0.1) is 0 Å². The fourth-order valence-corrected chi connectivity index (χ4v) is 3.69. The zero-order valence-electron chi connectivity index (χ0n) is 14.8. The summed E-state index contributed by atoms with van der Waals surface area (Å²) in [6, 6.07) is 16.0. The molecule has 0 aliphatic carbocycles. The number of hydrogen-bond donors (Lipinski definition) is 4. The van der Waals surface area contributed by atoms with Crippen LogP contribution in [-0.4, -0.2) is 29.6 Å². The van der Waals surface area contributed by atoms with Crippen molar-refractivity contribution in [3.63, 3.8) is 0 Å². The highest BCUT2D eigenvalue weighted by Crippen LogP contribution is 2.36. The third kappa shape index (κ3) is 3.18. The van der Waals surface area contributed by atoms with Gasteiger partial charge in [0, 0.05) is 12.1 Å². The number of nitrogens with zero attached hydrogens (tertiary/aromatic N) is 1. The Morgan fingerprint density at radius 1 is 1.15 bits per heavy atom. The molecule has 0 amide bonds. The van der Waals surface area contributed by atoms with E-state index in [2.05, 4.69) is 28.6 Å². The Kier molecular flexibility index (Phi) is 4.39. The smallest absolute Gasteiger partial charge is 0.128 e. The minimum absolute atomic E-state index is 0.0901. The largest absolute Gasteiger partial charge is 0.508 e. The minimum atomic E-state index is -0.155. The lowest BCUT2D eigenvalue weighted by Crippen LogP contribution is -2.58. The van der Waals surface area contributed by atoms with E-state index >= 15 is 0 Å². The first kappa shape index (κ1) is 16.7. The summed E-state index contributed by atoms with van der Waals surface area (Å²) in [6.45, 7) is 6.19. The maximum atomic E-state index is 9.62. The predicted octanol–water partition coefficient (Wildman–Crippen LogP) is 3.58. The average molecular weight is 348 g/mol. The number of amidine groups is 1. The van der Waals surface area contributed by atoms with Crippen molar-refractivity contribution in [3.8, 4) is 0 Å². The molecule has 4 N–H and O–H groups in total. The quantitative estimate of drug-likeness (QED) is 0.640. The van der Waals surface area contributed by atoms with Crippen LogP contribution in [0.15, 0.2) is 60.1 Å². The number of para-hydroxylation sites is 2. The summed E-state index contributed by atoms with van der Waals surface area (Å²) in [5.74, 6) is 1.08. The molecule has 5 heteroatoms. The number of hydrogen-bond acceptors (Lipinski definition) is 5. The van der Waals surface area contributed by atoms with Crippen LogP contribution in [0.2, 0.25) is 0 Å². The van der Waals surface area contributed by atoms with Crippen molar-refractivity contribution in [1.82, 2.24) is 10.6 Å². The van der Waals surface area contributed by atoms with E-state index in [1.807, 2.05) is 42.5 Å². The number of nitrogens with one attached hydrogen (secondary N) is 3. The van der Waals surface area contributed by atoms with E-state index in [0.29, 0.717) is 6.54 Å². The van der Waals surface area contributed by atoms with Crippen LogP contribution in [0, 0.1) is 0 Å². The zero-order valence-corrected chi connectivity index (χ0v) is 14.8. The van der Waals surface area contributed by atoms with Crippen molar-refractivity contribution in [2.24, 2.45) is 4.99 Å². The van der Waals surface area contributed by atoms with E-state index in [1.165, 1.54) is 0 Å². The molecular formula is C21H24N4O. The number of benzene rings is 2. The first-order valence-corrected chi connectivity index (χ1v) is 9.04. The van der Waals surface area contributed by atoms with E-state index in [-0.39, 0.29) is 11.3 Å². The lowest BCUT2D eigenvalue weighted by Gasteiger charge is -2.43. The van der Waals surface area contributed by atoms with Crippen LogP contribution in [-0.2, 0) is 6.54 Å². The van der Waals surface area contributed by atoms with Crippen molar-refractivity contribution in [2.75, 3.05) is 18.4 Å². The Hall–Kier alpha value is -2.79. The normalized spacial score (nSPS) is 17.8. The number of aliphatic imine (C=N–C) groups is 1. The van der Waals surface area contributed by atoms with Crippen molar-refractivity contribution in [3.05, 3.63) is 66.2 Å². The van der Waals surface area contributed by atoms with Gasteiger partial charge in [0.15, 0.2) is 0 Å². The molecule has 2 heterocycles. The van der Waals surface area contributed by atoms with Gasteiger partial charge in [-0.3, -0.25) is 0 Å². The van der Waals surface area contributed by atoms with Crippen molar-refractivity contribution in [2.45, 2.75) is 24.9 Å². The number of anilines is 1. The second-order valence-electron chi connectivity index (χ2n) is 6.94. The Balaban J connectivity index is 1.61. The lowest BCUT2D eigenvalue weighted by atomic mass is 9.85. The highest BCUT2D eigenvalue weighted by Gasteiger charge is 2.40. The molecule has 0 radical (unpaired) electrons. The van der Waals surface area contributed by atoms with Crippen LogP contribution in [0.4, 0.5) is 11.4 Å². The van der Waals surface area contributed by atoms with Crippen LogP contribution >= 0.6 is 0 Å². The first-order valence-electron chi connectivity index (χ1n) is 9.04. The standard InChI is InChI=1S/C21H24N4O/c1-15(26)17-6-4-5-16(13-17)14-23-20-21(9-11-22-12-10-21)25-19-8-3-2-7-18(19)24-20/h2-8,13,22,25-26H,1,9-12,14H2,(H,23,24). The molecule has 5 nitrogen and oxygen atoms in total. The number of rotatable bonds is 3. The second kappa shape index (κ2) is 6.84. The van der Waals surface area contributed by atoms with E-state index in [9.17, 15) is 5.11 Å². The summed E-state index contributed by atoms with van der Waals surface area (Å²) >= 11 is 0. The van der Waals surface area contributed by atoms with Gasteiger partial charge in [0.25, 0.3) is 0 Å². The zero-order chi connectivity index (χ0) is 18.0. The average Bonchev–Trinajstić information content (AvgIpc) is 2.67. The maximum absolute atomic E-state index is 9.62. The first-order chi connectivity index (χ1) is 12.7. The fraction of sp³-hybridized carbons (Fsp3) is 0.286. The van der Waals surface area contributed by atoms with Crippen LogP contribution in [0.3, 0.4) is 0 Å². The van der Waals surface area contributed by atoms with Gasteiger partial charge in [-0.25, -0.2) is 4.99 Å². The molecule has 2 aliphatic rings. The number of aliphatic hydroxyl groups is 1. The Bertz CT molecular complexity index is 853. The van der Waals surface area contributed by atoms with Gasteiger partial charge in [0.1, 0.15) is 11.6 Å². The molecule has 1 fully saturated rings. The van der Waals surface area contributed by atoms with Gasteiger partial charge in [0.05, 0.1) is 16.9 Å². The molecule has 4 rings (SSSR count). The molecule has 0 bridgehead atoms. The molecule has 0 unspecified atom stereocenters. The Morgan fingerprint density at radius 3 is 2.77 bits per heavy atom. The van der Waals surface area contributed by atoms with Gasteiger partial charge in [-0.2, -0.15) is 0 Å². The third-order valence-electron chi connectivity index (χ3n) is 5.14. The van der Waals surface area contributed by atoms with Gasteiger partial charge in [-0.05, 0) is 49.7 Å². The van der Waals surface area contributed by atoms with E-state index in [4.69, 9.17) is 4.99 Å². The predicted molar refractivity (Wildman–Crippen MR) is 107 cm³/mol. The van der Waals surface area contributed by atoms with Gasteiger partial charge in [0.2, 0.25) is 0 Å². The fourth-order valence-electron chi connectivity index (χ4n) is 3.69. The van der Waals surface area contributed by atoms with Gasteiger partial charge >= 0.3 is 0 Å². The van der Waals surface area contributed by atoms with Crippen LogP contribution in [0.1, 0.15) is 24.0 Å². The summed E-state index contributed by atoms with van der Waals surface area (Å²) in [5.41, 5.74) is 3.74. The Labute approximate surface area is 153 Å². The SMILES string of the molecule is C=C(O)c1cccc(CNC2=Nc3ccccc3NC23CCNCC3)c1. The number of piperidine rings is 1. The lowest BCUT2D eigenvalue weighted by molar-refractivity contribution is 0.412. The monoisotopic (exact) mass is 348 g/mol. The van der Waals surface area contributed by atoms with E-state index < -0.39 is 0 Å². The molecule has 2 aromatic rings. The van der Waals surface area contributed by atoms with Crippen molar-refractivity contribution in [1.29, 1.82) is 0 Å². The van der Waals surface area contributed by atoms with E-state index in [1.54, 1.807) is 0 Å². The molecule has 0 saturated carbocycles. The van der Waals surface area contributed by atoms with Crippen molar-refractivity contribution >= 4 is 23.0 Å². The highest BCUT2D eigenvalue weighted by molar-refractivity contribution is 6.00. The summed E-state index contributed by atoms with van der Waals surface area (Å²) < 4.78 is 0. The summed E-state index contributed by atoms with van der Waals surface area (Å²) in [6.07, 6.45) is 1.97. The highest BCUT2D eigenvalue weighted by atomic mass is 16.3. The molecule has 134 valence electrons. The Morgan fingerprint density at radius 2 is 1.96 bits per heavy atom. The topological polar surface area (TPSA) is 68.7 Å². The summed E-state index contributed by atoms with van der Waals surface area (Å²) in [4.78, 5) is 4.94.